The maximum Gasteiger partial charge on any atom is 0.344 e. The van der Waals surface area contributed by atoms with Crippen LogP contribution in [0.15, 0.2) is 0 Å². The molecule has 0 rings (SSSR count). The topological polar surface area (TPSA) is 101 Å². The molecule has 0 atom stereocenters. The third-order valence-electron chi connectivity index (χ3n) is 4.96. The molecule has 0 heterocycles. The van der Waals surface area contributed by atoms with E-state index in [9.17, 15) is 13.9 Å². The van der Waals surface area contributed by atoms with Crippen LogP contribution >= 0.6 is 15.2 Å². The van der Waals surface area contributed by atoms with Crippen LogP contribution in [0.3, 0.4) is 0 Å². The monoisotopic (exact) mass is 529 g/mol. The molecule has 0 saturated carbocycles. The van der Waals surface area contributed by atoms with Crippen molar-refractivity contribution in [3.8, 4) is 0 Å². The summed E-state index contributed by atoms with van der Waals surface area (Å²) in [5, 5.41) is 0. The van der Waals surface area contributed by atoms with Gasteiger partial charge in [-0.1, -0.05) is 38.5 Å². The summed E-state index contributed by atoms with van der Waals surface area (Å²) in [4.78, 5) is 13.2. The van der Waals surface area contributed by atoms with E-state index >= 15 is 0 Å². The van der Waals surface area contributed by atoms with Gasteiger partial charge in [0.05, 0.1) is 33.0 Å². The summed E-state index contributed by atoms with van der Waals surface area (Å²) < 4.78 is 52.9. The van der Waals surface area contributed by atoms with E-state index in [-0.39, 0.29) is 45.0 Å². The number of carbonyl (C=O) groups excluding carboxylic acids is 1. The van der Waals surface area contributed by atoms with Crippen molar-refractivity contribution >= 4 is 21.2 Å². The predicted molar refractivity (Wildman–Crippen MR) is 136 cm³/mol. The van der Waals surface area contributed by atoms with Gasteiger partial charge in [-0.3, -0.25) is 18.8 Å². The van der Waals surface area contributed by atoms with Gasteiger partial charge in [0.1, 0.15) is 12.6 Å². The first-order valence-corrected chi connectivity index (χ1v) is 16.4. The summed E-state index contributed by atoms with van der Waals surface area (Å²) >= 11 is 0. The van der Waals surface area contributed by atoms with Crippen molar-refractivity contribution in [2.75, 3.05) is 52.2 Å². The summed E-state index contributed by atoms with van der Waals surface area (Å²) in [6.07, 6.45) is 8.90. The number of carbonyl (C=O) groups is 1. The maximum atomic E-state index is 13.1. The van der Waals surface area contributed by atoms with Crippen molar-refractivity contribution in [1.29, 1.82) is 0 Å². The lowest BCUT2D eigenvalue weighted by Crippen LogP contribution is -2.29. The summed E-state index contributed by atoms with van der Waals surface area (Å²) in [5.74, 6) is -0.108. The number of ether oxygens (including phenoxy) is 1. The fourth-order valence-electron chi connectivity index (χ4n) is 3.60. The van der Waals surface area contributed by atoms with Crippen LogP contribution in [0.2, 0.25) is 0 Å². The Kier molecular flexibility index (Phi) is 20.7. The first-order valence-electron chi connectivity index (χ1n) is 12.9. The fraction of sp³-hybridized carbons (Fsp3) is 0.957. The zero-order chi connectivity index (χ0) is 25.7. The lowest BCUT2D eigenvalue weighted by atomic mass is 10.1. The van der Waals surface area contributed by atoms with E-state index in [1.165, 1.54) is 0 Å². The van der Waals surface area contributed by atoms with Crippen LogP contribution in [-0.4, -0.2) is 63.0 Å². The highest BCUT2D eigenvalue weighted by Crippen LogP contribution is 2.53. The van der Waals surface area contributed by atoms with Crippen LogP contribution in [0.4, 0.5) is 0 Å². The predicted octanol–water partition coefficient (Wildman–Crippen LogP) is 6.81. The number of unbranched alkanes of at least 4 members (excludes halogenated alkanes) is 7. The second-order valence-electron chi connectivity index (χ2n) is 7.95. The third kappa shape index (κ3) is 17.2. The molecule has 204 valence electrons. The van der Waals surface area contributed by atoms with Gasteiger partial charge < -0.3 is 22.8 Å². The second-order valence-corrected chi connectivity index (χ2v) is 12.0. The minimum Gasteiger partial charge on any atom is -0.466 e. The molecular weight excluding hydrogens is 480 g/mol. The summed E-state index contributed by atoms with van der Waals surface area (Å²) in [6, 6.07) is 0. The minimum absolute atomic E-state index is 0.0548. The van der Waals surface area contributed by atoms with Gasteiger partial charge in [-0.25, -0.2) is 0 Å². The van der Waals surface area contributed by atoms with E-state index in [0.29, 0.717) is 19.6 Å². The van der Waals surface area contributed by atoms with Crippen LogP contribution < -0.4 is 0 Å². The molecule has 0 fully saturated rings. The van der Waals surface area contributed by atoms with Crippen LogP contribution in [0.25, 0.3) is 0 Å². The second kappa shape index (κ2) is 20.9. The lowest BCUT2D eigenvalue weighted by molar-refractivity contribution is -0.143. The Morgan fingerprint density at radius 3 is 1.35 bits per heavy atom. The number of hydrogen-bond acceptors (Lipinski definition) is 9. The van der Waals surface area contributed by atoms with Gasteiger partial charge in [0.15, 0.2) is 0 Å². The summed E-state index contributed by atoms with van der Waals surface area (Å²) in [7, 11) is -6.65. The molecule has 0 aliphatic carbocycles. The normalized spacial score (nSPS) is 12.4. The number of nitrogens with zero attached hydrogens (tertiary/aromatic N) is 1. The van der Waals surface area contributed by atoms with Crippen molar-refractivity contribution in [3.63, 3.8) is 0 Å². The molecule has 0 unspecified atom stereocenters. The highest BCUT2D eigenvalue weighted by atomic mass is 31.2. The molecule has 0 amide bonds. The molecule has 0 N–H and O–H groups in total. The zero-order valence-electron chi connectivity index (χ0n) is 22.1. The minimum atomic E-state index is -3.33. The third-order valence-corrected chi connectivity index (χ3v) is 9.06. The van der Waals surface area contributed by atoms with Gasteiger partial charge in [0, 0.05) is 6.42 Å². The molecule has 0 bridgehead atoms. The van der Waals surface area contributed by atoms with E-state index in [2.05, 4.69) is 0 Å². The standard InChI is InChI=1S/C23H49NO8P2/c1-6-28-23(25)19-17-15-13-11-12-14-16-18-20-24(21-33(26,29-7-2)30-8-3)22-34(27,31-9-4)32-10-5/h6-22H2,1-5H3. The van der Waals surface area contributed by atoms with Gasteiger partial charge in [0.25, 0.3) is 0 Å². The van der Waals surface area contributed by atoms with Gasteiger partial charge in [0.2, 0.25) is 0 Å². The molecule has 0 aromatic carbocycles. The van der Waals surface area contributed by atoms with Gasteiger partial charge in [-0.05, 0) is 54.0 Å². The Labute approximate surface area is 207 Å². The van der Waals surface area contributed by atoms with Crippen LogP contribution in [0, 0.1) is 0 Å². The Hall–Kier alpha value is -0.270. The van der Waals surface area contributed by atoms with E-state index in [1.807, 2.05) is 11.8 Å². The molecule has 0 aliphatic rings. The van der Waals surface area contributed by atoms with E-state index in [1.54, 1.807) is 27.7 Å². The number of esters is 1. The van der Waals surface area contributed by atoms with Crippen molar-refractivity contribution in [1.82, 2.24) is 4.90 Å². The Bertz CT molecular complexity index is 554. The number of rotatable bonds is 24. The molecule has 0 spiro atoms. The van der Waals surface area contributed by atoms with Crippen LogP contribution in [0.1, 0.15) is 92.4 Å². The summed E-state index contributed by atoms with van der Waals surface area (Å²) in [5.41, 5.74) is 0. The molecule has 34 heavy (non-hydrogen) atoms. The van der Waals surface area contributed by atoms with Gasteiger partial charge >= 0.3 is 21.2 Å². The molecule has 11 heteroatoms. The molecular formula is C23H49NO8P2. The Morgan fingerprint density at radius 2 is 0.971 bits per heavy atom. The zero-order valence-corrected chi connectivity index (χ0v) is 23.9. The Morgan fingerprint density at radius 1 is 0.588 bits per heavy atom. The molecule has 9 nitrogen and oxygen atoms in total. The molecule has 0 saturated heterocycles. The largest absolute Gasteiger partial charge is 0.466 e. The number of hydrogen-bond donors (Lipinski definition) is 0. The first-order chi connectivity index (χ1) is 16.3. The lowest BCUT2D eigenvalue weighted by Gasteiger charge is -2.29. The molecule has 0 aromatic rings. The highest BCUT2D eigenvalue weighted by molar-refractivity contribution is 7.54. The highest BCUT2D eigenvalue weighted by Gasteiger charge is 2.33. The van der Waals surface area contributed by atoms with Crippen molar-refractivity contribution in [2.24, 2.45) is 0 Å². The van der Waals surface area contributed by atoms with Crippen molar-refractivity contribution in [2.45, 2.75) is 92.4 Å². The molecule has 0 aliphatic heterocycles. The van der Waals surface area contributed by atoms with Crippen molar-refractivity contribution in [3.05, 3.63) is 0 Å². The first kappa shape index (κ1) is 33.7. The van der Waals surface area contributed by atoms with E-state index in [4.69, 9.17) is 22.8 Å². The SMILES string of the molecule is CCOC(=O)CCCCCCCCCCN(CP(=O)(OCC)OCC)CP(=O)(OCC)OCC. The van der Waals surface area contributed by atoms with Crippen molar-refractivity contribution < 1.29 is 36.8 Å². The smallest absolute Gasteiger partial charge is 0.344 e. The quantitative estimate of drug-likeness (QED) is 0.0758. The van der Waals surface area contributed by atoms with Gasteiger partial charge in [-0.15, -0.1) is 0 Å². The summed E-state index contributed by atoms with van der Waals surface area (Å²) in [6.45, 7) is 11.1. The average molecular weight is 530 g/mol. The van der Waals surface area contributed by atoms with E-state index in [0.717, 1.165) is 51.4 Å². The molecule has 0 radical (unpaired) electrons. The average Bonchev–Trinajstić information content (AvgIpc) is 2.75. The van der Waals surface area contributed by atoms with Crippen LogP contribution in [0.5, 0.6) is 0 Å². The molecule has 0 aromatic heterocycles. The van der Waals surface area contributed by atoms with Gasteiger partial charge in [-0.2, -0.15) is 0 Å². The maximum absolute atomic E-state index is 13.1. The van der Waals surface area contributed by atoms with E-state index < -0.39 is 15.2 Å². The van der Waals surface area contributed by atoms with Crippen LogP contribution in [-0.2, 0) is 36.8 Å². The Balaban J connectivity index is 4.56. The fourth-order valence-corrected chi connectivity index (χ4v) is 7.27.